The van der Waals surface area contributed by atoms with Gasteiger partial charge in [0.25, 0.3) is 11.8 Å². The molecule has 0 N–H and O–H groups in total. The van der Waals surface area contributed by atoms with E-state index in [0.29, 0.717) is 37.1 Å². The number of Topliss-reactive ketones (excluding diaryl/α,β-unsaturated/α-hetero) is 1. The first-order valence-corrected chi connectivity index (χ1v) is 8.11. The molecule has 2 rings (SSSR count). The highest BCUT2D eigenvalue weighted by Gasteiger charge is 2.34. The number of esters is 1. The number of hydrogen-bond donors (Lipinski definition) is 0. The average Bonchev–Trinajstić information content (AvgIpc) is 2.78. The highest BCUT2D eigenvalue weighted by molar-refractivity contribution is 6.21. The van der Waals surface area contributed by atoms with Crippen LogP contribution in [-0.2, 0) is 14.3 Å². The van der Waals surface area contributed by atoms with E-state index in [0.717, 1.165) is 12.8 Å². The van der Waals surface area contributed by atoms with Gasteiger partial charge in [0, 0.05) is 6.54 Å². The first kappa shape index (κ1) is 17.8. The van der Waals surface area contributed by atoms with Gasteiger partial charge in [-0.25, -0.2) is 0 Å². The van der Waals surface area contributed by atoms with Crippen molar-refractivity contribution >= 4 is 23.6 Å². The van der Waals surface area contributed by atoms with Crippen LogP contribution < -0.4 is 0 Å². The maximum Gasteiger partial charge on any atom is 0.313 e. The van der Waals surface area contributed by atoms with Crippen LogP contribution >= 0.6 is 0 Å². The minimum atomic E-state index is -0.492. The van der Waals surface area contributed by atoms with Crippen molar-refractivity contribution in [3.05, 3.63) is 35.4 Å². The lowest BCUT2D eigenvalue weighted by Gasteiger charge is -2.13. The molecule has 1 heterocycles. The van der Waals surface area contributed by atoms with Crippen molar-refractivity contribution in [2.75, 3.05) is 13.2 Å². The average molecular weight is 331 g/mol. The van der Waals surface area contributed by atoms with Gasteiger partial charge in [-0.2, -0.15) is 0 Å². The zero-order valence-corrected chi connectivity index (χ0v) is 13.7. The summed E-state index contributed by atoms with van der Waals surface area (Å²) < 4.78 is 4.93. The molecule has 0 atom stereocenters. The van der Waals surface area contributed by atoms with Gasteiger partial charge in [0.05, 0.1) is 17.7 Å². The molecule has 0 saturated heterocycles. The summed E-state index contributed by atoms with van der Waals surface area (Å²) in [6.45, 7) is 2.04. The largest absolute Gasteiger partial charge is 0.465 e. The normalized spacial score (nSPS) is 13.1. The number of imide groups is 1. The number of hydrogen-bond acceptors (Lipinski definition) is 5. The molecule has 1 aromatic rings. The molecule has 0 saturated carbocycles. The number of rotatable bonds is 9. The topological polar surface area (TPSA) is 80.8 Å². The minimum Gasteiger partial charge on any atom is -0.465 e. The number of carbonyl (C=O) groups is 4. The SMILES string of the molecule is CC(=O)CC(=O)OCCCCCCN1C(=O)c2ccccc2C1=O. The quantitative estimate of drug-likeness (QED) is 0.300. The van der Waals surface area contributed by atoms with E-state index in [1.54, 1.807) is 24.3 Å². The van der Waals surface area contributed by atoms with Crippen LogP contribution in [0.4, 0.5) is 0 Å². The van der Waals surface area contributed by atoms with Crippen molar-refractivity contribution in [3.63, 3.8) is 0 Å². The Morgan fingerprint density at radius 3 is 2.12 bits per heavy atom. The van der Waals surface area contributed by atoms with Crippen molar-refractivity contribution in [2.45, 2.75) is 39.0 Å². The van der Waals surface area contributed by atoms with Crippen LogP contribution in [0.2, 0.25) is 0 Å². The van der Waals surface area contributed by atoms with Crippen molar-refractivity contribution < 1.29 is 23.9 Å². The molecule has 6 nitrogen and oxygen atoms in total. The van der Waals surface area contributed by atoms with E-state index in [1.807, 2.05) is 0 Å². The lowest BCUT2D eigenvalue weighted by molar-refractivity contribution is -0.145. The van der Waals surface area contributed by atoms with Gasteiger partial charge in [-0.1, -0.05) is 18.6 Å². The van der Waals surface area contributed by atoms with E-state index in [2.05, 4.69) is 0 Å². The second kappa shape index (κ2) is 8.38. The third kappa shape index (κ3) is 4.50. The Kier molecular flexibility index (Phi) is 6.23. The molecule has 0 bridgehead atoms. The number of ketones is 1. The summed E-state index contributed by atoms with van der Waals surface area (Å²) in [5.74, 6) is -1.16. The third-order valence-electron chi connectivity index (χ3n) is 3.81. The number of amides is 2. The molecule has 24 heavy (non-hydrogen) atoms. The van der Waals surface area contributed by atoms with Gasteiger partial charge in [0.1, 0.15) is 12.2 Å². The molecule has 0 fully saturated rings. The highest BCUT2D eigenvalue weighted by atomic mass is 16.5. The third-order valence-corrected chi connectivity index (χ3v) is 3.81. The van der Waals surface area contributed by atoms with Gasteiger partial charge >= 0.3 is 5.97 Å². The van der Waals surface area contributed by atoms with Crippen molar-refractivity contribution in [1.29, 1.82) is 0 Å². The van der Waals surface area contributed by atoms with E-state index in [-0.39, 0.29) is 24.0 Å². The van der Waals surface area contributed by atoms with E-state index in [1.165, 1.54) is 11.8 Å². The van der Waals surface area contributed by atoms with Crippen molar-refractivity contribution in [2.24, 2.45) is 0 Å². The minimum absolute atomic E-state index is 0.181. The molecule has 1 aromatic carbocycles. The van der Waals surface area contributed by atoms with Crippen molar-refractivity contribution in [1.82, 2.24) is 4.90 Å². The van der Waals surface area contributed by atoms with Crippen LogP contribution in [0, 0.1) is 0 Å². The molecule has 0 aliphatic carbocycles. The predicted molar refractivity (Wildman–Crippen MR) is 86.5 cm³/mol. The fourth-order valence-electron chi connectivity index (χ4n) is 2.61. The Bertz CT molecular complexity index is 618. The predicted octanol–water partition coefficient (Wildman–Crippen LogP) is 2.37. The summed E-state index contributed by atoms with van der Waals surface area (Å²) in [5, 5.41) is 0. The summed E-state index contributed by atoms with van der Waals surface area (Å²) in [6.07, 6.45) is 2.90. The molecule has 128 valence electrons. The second-order valence-electron chi connectivity index (χ2n) is 5.82. The van der Waals surface area contributed by atoms with Crippen molar-refractivity contribution in [3.8, 4) is 0 Å². The number of fused-ring (bicyclic) bond motifs is 1. The molecule has 2 amide bonds. The van der Waals surface area contributed by atoms with Crippen LogP contribution in [0.25, 0.3) is 0 Å². The zero-order valence-electron chi connectivity index (χ0n) is 13.7. The number of benzene rings is 1. The highest BCUT2D eigenvalue weighted by Crippen LogP contribution is 2.22. The Labute approximate surface area is 140 Å². The Balaban J connectivity index is 1.62. The lowest BCUT2D eigenvalue weighted by atomic mass is 10.1. The molecule has 0 unspecified atom stereocenters. The van der Waals surface area contributed by atoms with Crippen LogP contribution in [0.1, 0.15) is 59.7 Å². The van der Waals surface area contributed by atoms with E-state index >= 15 is 0 Å². The second-order valence-corrected chi connectivity index (χ2v) is 5.82. The van der Waals surface area contributed by atoms with Crippen LogP contribution in [0.15, 0.2) is 24.3 Å². The summed E-state index contributed by atoms with van der Waals surface area (Å²) in [4.78, 5) is 47.5. The molecule has 1 aliphatic heterocycles. The van der Waals surface area contributed by atoms with Gasteiger partial charge in [-0.05, 0) is 38.3 Å². The fourth-order valence-corrected chi connectivity index (χ4v) is 2.61. The number of ether oxygens (including phenoxy) is 1. The van der Waals surface area contributed by atoms with Crippen LogP contribution in [-0.4, -0.2) is 41.6 Å². The molecule has 0 spiro atoms. The van der Waals surface area contributed by atoms with Gasteiger partial charge in [0.15, 0.2) is 0 Å². The number of unbranched alkanes of at least 4 members (excludes halogenated alkanes) is 3. The monoisotopic (exact) mass is 331 g/mol. The fraction of sp³-hybridized carbons (Fsp3) is 0.444. The van der Waals surface area contributed by atoms with Gasteiger partial charge < -0.3 is 4.74 Å². The number of nitrogens with zero attached hydrogens (tertiary/aromatic N) is 1. The Morgan fingerprint density at radius 2 is 1.54 bits per heavy atom. The molecule has 0 aromatic heterocycles. The van der Waals surface area contributed by atoms with Gasteiger partial charge in [-0.3, -0.25) is 24.1 Å². The van der Waals surface area contributed by atoms with E-state index in [4.69, 9.17) is 4.74 Å². The lowest BCUT2D eigenvalue weighted by Crippen LogP contribution is -2.30. The molecule has 1 aliphatic rings. The summed E-state index contributed by atoms with van der Waals surface area (Å²) >= 11 is 0. The summed E-state index contributed by atoms with van der Waals surface area (Å²) in [7, 11) is 0. The summed E-state index contributed by atoms with van der Waals surface area (Å²) in [6, 6.07) is 6.84. The van der Waals surface area contributed by atoms with Crippen LogP contribution in [0.3, 0.4) is 0 Å². The smallest absolute Gasteiger partial charge is 0.313 e. The van der Waals surface area contributed by atoms with Crippen LogP contribution in [0.5, 0.6) is 0 Å². The van der Waals surface area contributed by atoms with E-state index in [9.17, 15) is 19.2 Å². The maximum absolute atomic E-state index is 12.2. The first-order chi connectivity index (χ1) is 11.5. The Hall–Kier alpha value is -2.50. The Morgan fingerprint density at radius 1 is 0.958 bits per heavy atom. The van der Waals surface area contributed by atoms with Gasteiger partial charge in [0.2, 0.25) is 0 Å². The standard InChI is InChI=1S/C18H21NO5/c1-13(20)12-16(21)24-11-7-3-2-6-10-19-17(22)14-8-4-5-9-15(14)18(19)23/h4-5,8-9H,2-3,6-7,10-12H2,1H3. The zero-order chi connectivity index (χ0) is 17.5. The maximum atomic E-state index is 12.2. The number of carbonyl (C=O) groups excluding carboxylic acids is 4. The van der Waals surface area contributed by atoms with Gasteiger partial charge in [-0.15, -0.1) is 0 Å². The molecule has 0 radical (unpaired) electrons. The molecule has 6 heteroatoms. The first-order valence-electron chi connectivity index (χ1n) is 8.11. The van der Waals surface area contributed by atoms with E-state index < -0.39 is 5.97 Å². The molecular formula is C18H21NO5. The summed E-state index contributed by atoms with van der Waals surface area (Å²) in [5.41, 5.74) is 0.944. The molecular weight excluding hydrogens is 310 g/mol.